The predicted molar refractivity (Wildman–Crippen MR) is 106 cm³/mol. The van der Waals surface area contributed by atoms with Crippen molar-refractivity contribution in [3.8, 4) is 17.1 Å². The second-order valence-corrected chi connectivity index (χ2v) is 6.19. The maximum atomic E-state index is 12.0. The Balaban J connectivity index is 1.72. The van der Waals surface area contributed by atoms with Crippen LogP contribution in [0.2, 0.25) is 0 Å². The van der Waals surface area contributed by atoms with Crippen LogP contribution in [-0.2, 0) is 9.53 Å². The van der Waals surface area contributed by atoms with E-state index in [1.54, 1.807) is 35.2 Å². The highest BCUT2D eigenvalue weighted by molar-refractivity contribution is 5.94. The number of esters is 1. The molecule has 2 aromatic carbocycles. The van der Waals surface area contributed by atoms with Crippen molar-refractivity contribution in [2.24, 2.45) is 0 Å². The number of nitrogens with zero attached hydrogens (tertiary/aromatic N) is 2. The minimum absolute atomic E-state index is 0.0158. The topological polar surface area (TPSA) is 84.5 Å². The molecule has 146 valence electrons. The number of hydrogen-bond acceptors (Lipinski definition) is 5. The quantitative estimate of drug-likeness (QED) is 0.635. The molecule has 0 saturated carbocycles. The number of nitrogens with one attached hydrogen (secondary N) is 1. The Labute approximate surface area is 163 Å². The van der Waals surface area contributed by atoms with E-state index in [1.807, 2.05) is 26.0 Å². The van der Waals surface area contributed by atoms with Crippen LogP contribution < -0.4 is 4.74 Å². The molecule has 0 aliphatic rings. The molecule has 0 saturated heterocycles. The van der Waals surface area contributed by atoms with E-state index in [0.717, 1.165) is 16.6 Å². The van der Waals surface area contributed by atoms with Crippen LogP contribution in [0.1, 0.15) is 24.2 Å². The zero-order valence-electron chi connectivity index (χ0n) is 16.2. The number of amides is 1. The summed E-state index contributed by atoms with van der Waals surface area (Å²) < 4.78 is 10.3. The summed E-state index contributed by atoms with van der Waals surface area (Å²) >= 11 is 0. The van der Waals surface area contributed by atoms with Crippen LogP contribution in [0, 0.1) is 0 Å². The molecule has 0 fully saturated rings. The molecule has 3 aromatic rings. The van der Waals surface area contributed by atoms with Gasteiger partial charge in [-0.25, -0.2) is 9.78 Å². The maximum Gasteiger partial charge on any atom is 0.337 e. The van der Waals surface area contributed by atoms with Crippen LogP contribution in [0.15, 0.2) is 42.5 Å². The average Bonchev–Trinajstić information content (AvgIpc) is 3.16. The Hall–Kier alpha value is -3.35. The van der Waals surface area contributed by atoms with Gasteiger partial charge in [-0.2, -0.15) is 0 Å². The Morgan fingerprint density at radius 3 is 2.43 bits per heavy atom. The van der Waals surface area contributed by atoms with Crippen LogP contribution in [0.4, 0.5) is 0 Å². The second kappa shape index (κ2) is 8.56. The first-order valence-electron chi connectivity index (χ1n) is 9.14. The van der Waals surface area contributed by atoms with E-state index in [4.69, 9.17) is 9.47 Å². The molecule has 28 heavy (non-hydrogen) atoms. The highest BCUT2D eigenvalue weighted by atomic mass is 16.5. The Morgan fingerprint density at radius 1 is 1.07 bits per heavy atom. The number of rotatable bonds is 7. The molecule has 0 aliphatic heterocycles. The molecular weight excluding hydrogens is 358 g/mol. The summed E-state index contributed by atoms with van der Waals surface area (Å²) in [6, 6.07) is 12.5. The van der Waals surface area contributed by atoms with Gasteiger partial charge in [0.25, 0.3) is 5.91 Å². The number of hydrogen-bond donors (Lipinski definition) is 1. The summed E-state index contributed by atoms with van der Waals surface area (Å²) in [4.78, 5) is 33.2. The maximum absolute atomic E-state index is 12.0. The standard InChI is InChI=1S/C21H23N3O4/c1-4-24(5-2)19(25)13-28-16-9-6-14(7-10-16)20-22-17-11-8-15(21(26)27-3)12-18(17)23-20/h6-12H,4-5,13H2,1-3H3,(H,22,23). The monoisotopic (exact) mass is 381 g/mol. The molecular formula is C21H23N3O4. The van der Waals surface area contributed by atoms with Crippen LogP contribution in [0.25, 0.3) is 22.4 Å². The lowest BCUT2D eigenvalue weighted by Crippen LogP contribution is -2.34. The third kappa shape index (κ3) is 4.14. The van der Waals surface area contributed by atoms with Crippen molar-refractivity contribution in [1.29, 1.82) is 0 Å². The first-order valence-corrected chi connectivity index (χ1v) is 9.14. The minimum Gasteiger partial charge on any atom is -0.484 e. The average molecular weight is 381 g/mol. The zero-order chi connectivity index (χ0) is 20.1. The van der Waals surface area contributed by atoms with Gasteiger partial charge in [-0.1, -0.05) is 0 Å². The molecule has 0 atom stereocenters. The number of methoxy groups -OCH3 is 1. The highest BCUT2D eigenvalue weighted by Crippen LogP contribution is 2.23. The van der Waals surface area contributed by atoms with E-state index < -0.39 is 0 Å². The predicted octanol–water partition coefficient (Wildman–Crippen LogP) is 3.26. The van der Waals surface area contributed by atoms with Gasteiger partial charge in [-0.15, -0.1) is 0 Å². The molecule has 1 N–H and O–H groups in total. The van der Waals surface area contributed by atoms with E-state index in [0.29, 0.717) is 30.2 Å². The van der Waals surface area contributed by atoms with Crippen molar-refractivity contribution in [3.63, 3.8) is 0 Å². The number of carbonyl (C=O) groups excluding carboxylic acids is 2. The SMILES string of the molecule is CCN(CC)C(=O)COc1ccc(-c2nc3ccc(C(=O)OC)cc3[nH]2)cc1. The summed E-state index contributed by atoms with van der Waals surface area (Å²) in [6.45, 7) is 5.24. The number of aromatic amines is 1. The first-order chi connectivity index (χ1) is 13.5. The molecule has 0 unspecified atom stereocenters. The van der Waals surface area contributed by atoms with Crippen molar-refractivity contribution < 1.29 is 19.1 Å². The van der Waals surface area contributed by atoms with Gasteiger partial charge in [0.1, 0.15) is 11.6 Å². The number of imidazole rings is 1. The summed E-state index contributed by atoms with van der Waals surface area (Å²) in [7, 11) is 1.35. The number of benzene rings is 2. The number of likely N-dealkylation sites (N-methyl/N-ethyl adjacent to an activating group) is 1. The molecule has 0 spiro atoms. The van der Waals surface area contributed by atoms with E-state index >= 15 is 0 Å². The largest absolute Gasteiger partial charge is 0.484 e. The lowest BCUT2D eigenvalue weighted by atomic mass is 10.2. The smallest absolute Gasteiger partial charge is 0.337 e. The molecule has 0 radical (unpaired) electrons. The number of carbonyl (C=O) groups is 2. The number of aromatic nitrogens is 2. The van der Waals surface area contributed by atoms with Crippen LogP contribution in [0.5, 0.6) is 5.75 Å². The fraction of sp³-hybridized carbons (Fsp3) is 0.286. The highest BCUT2D eigenvalue weighted by Gasteiger charge is 2.12. The molecule has 1 amide bonds. The molecule has 3 rings (SSSR count). The second-order valence-electron chi connectivity index (χ2n) is 6.19. The van der Waals surface area contributed by atoms with Crippen molar-refractivity contribution >= 4 is 22.9 Å². The molecule has 0 aliphatic carbocycles. The molecule has 7 nitrogen and oxygen atoms in total. The van der Waals surface area contributed by atoms with E-state index in [2.05, 4.69) is 9.97 Å². The van der Waals surface area contributed by atoms with Gasteiger partial charge >= 0.3 is 5.97 Å². The van der Waals surface area contributed by atoms with Crippen LogP contribution >= 0.6 is 0 Å². The van der Waals surface area contributed by atoms with Gasteiger partial charge in [-0.3, -0.25) is 4.79 Å². The van der Waals surface area contributed by atoms with Crippen molar-refractivity contribution in [2.45, 2.75) is 13.8 Å². The van der Waals surface area contributed by atoms with Gasteiger partial charge in [0.15, 0.2) is 6.61 Å². The third-order valence-electron chi connectivity index (χ3n) is 4.51. The van der Waals surface area contributed by atoms with Gasteiger partial charge in [0.2, 0.25) is 0 Å². The first kappa shape index (κ1) is 19.4. The van der Waals surface area contributed by atoms with E-state index in [-0.39, 0.29) is 18.5 Å². The fourth-order valence-corrected chi connectivity index (χ4v) is 2.91. The zero-order valence-corrected chi connectivity index (χ0v) is 16.2. The number of H-pyrrole nitrogens is 1. The van der Waals surface area contributed by atoms with Gasteiger partial charge < -0.3 is 19.4 Å². The summed E-state index contributed by atoms with van der Waals surface area (Å²) in [6.07, 6.45) is 0. The van der Waals surface area contributed by atoms with Gasteiger partial charge in [0.05, 0.1) is 23.7 Å². The lowest BCUT2D eigenvalue weighted by molar-refractivity contribution is -0.132. The number of fused-ring (bicyclic) bond motifs is 1. The third-order valence-corrected chi connectivity index (χ3v) is 4.51. The van der Waals surface area contributed by atoms with Gasteiger partial charge in [-0.05, 0) is 56.3 Å². The van der Waals surface area contributed by atoms with E-state index in [1.165, 1.54) is 7.11 Å². The van der Waals surface area contributed by atoms with Crippen LogP contribution in [0.3, 0.4) is 0 Å². The lowest BCUT2D eigenvalue weighted by Gasteiger charge is -2.18. The molecule has 1 aromatic heterocycles. The van der Waals surface area contributed by atoms with Crippen molar-refractivity contribution in [1.82, 2.24) is 14.9 Å². The van der Waals surface area contributed by atoms with Crippen molar-refractivity contribution in [2.75, 3.05) is 26.8 Å². The fourth-order valence-electron chi connectivity index (χ4n) is 2.91. The van der Waals surface area contributed by atoms with Crippen molar-refractivity contribution in [3.05, 3.63) is 48.0 Å². The summed E-state index contributed by atoms with van der Waals surface area (Å²) in [5.41, 5.74) is 2.85. The molecule has 1 heterocycles. The van der Waals surface area contributed by atoms with Gasteiger partial charge in [0, 0.05) is 18.7 Å². The Bertz CT molecular complexity index is 975. The summed E-state index contributed by atoms with van der Waals surface area (Å²) in [5.74, 6) is 0.878. The molecule has 0 bridgehead atoms. The summed E-state index contributed by atoms with van der Waals surface area (Å²) in [5, 5.41) is 0. The van der Waals surface area contributed by atoms with E-state index in [9.17, 15) is 9.59 Å². The van der Waals surface area contributed by atoms with Crippen LogP contribution in [-0.4, -0.2) is 53.6 Å². The number of ether oxygens (including phenoxy) is 2. The normalized spacial score (nSPS) is 10.7. The Morgan fingerprint density at radius 2 is 1.79 bits per heavy atom. The minimum atomic E-state index is -0.390. The molecule has 7 heteroatoms. The Kier molecular flexibility index (Phi) is 5.93.